The van der Waals surface area contributed by atoms with Crippen molar-refractivity contribution in [3.63, 3.8) is 0 Å². The number of carbonyl (C=O) groups excluding carboxylic acids is 1. The van der Waals surface area contributed by atoms with E-state index in [1.54, 1.807) is 19.1 Å². The third kappa shape index (κ3) is 3.81. The molecule has 0 aliphatic carbocycles. The molecule has 2 N–H and O–H groups in total. The van der Waals surface area contributed by atoms with Crippen molar-refractivity contribution in [1.29, 1.82) is 0 Å². The zero-order valence-corrected chi connectivity index (χ0v) is 10.8. The molecule has 0 aliphatic rings. The van der Waals surface area contributed by atoms with Crippen LogP contribution in [0.1, 0.15) is 12.7 Å². The van der Waals surface area contributed by atoms with E-state index in [1.807, 2.05) is 0 Å². The van der Waals surface area contributed by atoms with Crippen LogP contribution in [0.5, 0.6) is 0 Å². The number of amides is 1. The van der Waals surface area contributed by atoms with Crippen molar-refractivity contribution < 1.29 is 18.0 Å². The van der Waals surface area contributed by atoms with E-state index in [-0.39, 0.29) is 18.1 Å². The molecule has 1 aromatic carbocycles. The molecule has 6 heteroatoms. The van der Waals surface area contributed by atoms with E-state index < -0.39 is 17.7 Å². The van der Waals surface area contributed by atoms with Crippen molar-refractivity contribution in [1.82, 2.24) is 5.32 Å². The van der Waals surface area contributed by atoms with Gasteiger partial charge in [-0.05, 0) is 31.2 Å². The smallest absolute Gasteiger partial charge is 0.242 e. The number of furan rings is 1. The lowest BCUT2D eigenvalue weighted by Crippen LogP contribution is -2.37. The van der Waals surface area contributed by atoms with Gasteiger partial charge in [0.05, 0.1) is 12.8 Å². The average Bonchev–Trinajstić information content (AvgIpc) is 2.87. The molecule has 1 aromatic heterocycles. The van der Waals surface area contributed by atoms with Crippen LogP contribution < -0.4 is 10.6 Å². The van der Waals surface area contributed by atoms with Crippen LogP contribution in [0.4, 0.5) is 14.5 Å². The maximum absolute atomic E-state index is 13.0. The highest BCUT2D eigenvalue weighted by molar-refractivity contribution is 5.84. The highest BCUT2D eigenvalue weighted by Gasteiger charge is 2.13. The zero-order valence-electron chi connectivity index (χ0n) is 10.8. The number of nitrogens with one attached hydrogen (secondary N) is 2. The van der Waals surface area contributed by atoms with Gasteiger partial charge in [-0.3, -0.25) is 4.79 Å². The molecule has 1 unspecified atom stereocenters. The highest BCUT2D eigenvalue weighted by Crippen LogP contribution is 2.13. The standard InChI is InChI=1S/C14H14F2N2O2/c1-9(14(19)17-8-13-3-2-4-20-13)18-12-6-10(15)5-11(16)7-12/h2-7,9,18H,8H2,1H3,(H,17,19). The molecule has 1 heterocycles. The van der Waals surface area contributed by atoms with Crippen molar-refractivity contribution in [2.75, 3.05) is 5.32 Å². The molecule has 106 valence electrons. The summed E-state index contributed by atoms with van der Waals surface area (Å²) in [4.78, 5) is 11.8. The lowest BCUT2D eigenvalue weighted by Gasteiger charge is -2.15. The molecule has 0 aliphatic heterocycles. The molecule has 0 radical (unpaired) electrons. The van der Waals surface area contributed by atoms with E-state index in [0.29, 0.717) is 5.76 Å². The molecule has 0 fully saturated rings. The second kappa shape index (κ2) is 6.18. The Hall–Kier alpha value is -2.37. The van der Waals surface area contributed by atoms with Crippen LogP contribution in [0.25, 0.3) is 0 Å². The van der Waals surface area contributed by atoms with E-state index in [2.05, 4.69) is 10.6 Å². The van der Waals surface area contributed by atoms with Crippen molar-refractivity contribution in [3.8, 4) is 0 Å². The number of rotatable bonds is 5. The van der Waals surface area contributed by atoms with Crippen molar-refractivity contribution >= 4 is 11.6 Å². The average molecular weight is 280 g/mol. The van der Waals surface area contributed by atoms with Crippen LogP contribution in [0.15, 0.2) is 41.0 Å². The third-order valence-corrected chi connectivity index (χ3v) is 2.66. The molecule has 20 heavy (non-hydrogen) atoms. The fourth-order valence-electron chi connectivity index (χ4n) is 1.69. The molecule has 2 rings (SSSR count). The van der Waals surface area contributed by atoms with E-state index in [0.717, 1.165) is 18.2 Å². The molecular weight excluding hydrogens is 266 g/mol. The van der Waals surface area contributed by atoms with Gasteiger partial charge < -0.3 is 15.1 Å². The Labute approximate surface area is 114 Å². The SMILES string of the molecule is CC(Nc1cc(F)cc(F)c1)C(=O)NCc1ccco1. The highest BCUT2D eigenvalue weighted by atomic mass is 19.1. The summed E-state index contributed by atoms with van der Waals surface area (Å²) in [5.41, 5.74) is 0.211. The van der Waals surface area contributed by atoms with Gasteiger partial charge in [0, 0.05) is 11.8 Å². The lowest BCUT2D eigenvalue weighted by atomic mass is 10.2. The summed E-state index contributed by atoms with van der Waals surface area (Å²) in [6, 6.07) is 5.84. The molecule has 1 amide bonds. The van der Waals surface area contributed by atoms with Gasteiger partial charge in [0.15, 0.2) is 0 Å². The third-order valence-electron chi connectivity index (χ3n) is 2.66. The van der Waals surface area contributed by atoms with Gasteiger partial charge in [-0.15, -0.1) is 0 Å². The van der Waals surface area contributed by atoms with Crippen LogP contribution in [0.2, 0.25) is 0 Å². The van der Waals surface area contributed by atoms with Crippen LogP contribution in [0, 0.1) is 11.6 Å². The quantitative estimate of drug-likeness (QED) is 0.885. The number of carbonyl (C=O) groups is 1. The minimum absolute atomic E-state index is 0.211. The fourth-order valence-corrected chi connectivity index (χ4v) is 1.69. The molecule has 1 atom stereocenters. The second-order valence-electron chi connectivity index (χ2n) is 4.32. The Morgan fingerprint density at radius 2 is 2.00 bits per heavy atom. The largest absolute Gasteiger partial charge is 0.467 e. The van der Waals surface area contributed by atoms with Gasteiger partial charge in [-0.25, -0.2) is 8.78 Å². The summed E-state index contributed by atoms with van der Waals surface area (Å²) in [6.07, 6.45) is 1.51. The molecular formula is C14H14F2N2O2. The zero-order chi connectivity index (χ0) is 14.5. The topological polar surface area (TPSA) is 54.3 Å². The maximum atomic E-state index is 13.0. The number of anilines is 1. The predicted octanol–water partition coefficient (Wildman–Crippen LogP) is 2.67. The van der Waals surface area contributed by atoms with Crippen molar-refractivity contribution in [2.45, 2.75) is 19.5 Å². The summed E-state index contributed by atoms with van der Waals surface area (Å²) in [7, 11) is 0. The van der Waals surface area contributed by atoms with Gasteiger partial charge in [0.1, 0.15) is 23.4 Å². The van der Waals surface area contributed by atoms with Crippen molar-refractivity contribution in [2.24, 2.45) is 0 Å². The normalized spacial score (nSPS) is 11.9. The maximum Gasteiger partial charge on any atom is 0.242 e. The van der Waals surface area contributed by atoms with E-state index in [9.17, 15) is 13.6 Å². The van der Waals surface area contributed by atoms with Crippen LogP contribution in [-0.2, 0) is 11.3 Å². The molecule has 0 bridgehead atoms. The first-order valence-corrected chi connectivity index (χ1v) is 6.07. The van der Waals surface area contributed by atoms with Crippen LogP contribution in [-0.4, -0.2) is 11.9 Å². The number of hydrogen-bond donors (Lipinski definition) is 2. The van der Waals surface area contributed by atoms with Gasteiger partial charge in [0.2, 0.25) is 5.91 Å². The van der Waals surface area contributed by atoms with E-state index in [1.165, 1.54) is 6.26 Å². The Morgan fingerprint density at radius 1 is 1.30 bits per heavy atom. The first-order valence-electron chi connectivity index (χ1n) is 6.07. The minimum atomic E-state index is -0.698. The molecule has 0 saturated heterocycles. The Balaban J connectivity index is 1.90. The van der Waals surface area contributed by atoms with Crippen LogP contribution in [0.3, 0.4) is 0 Å². The fraction of sp³-hybridized carbons (Fsp3) is 0.214. The van der Waals surface area contributed by atoms with Gasteiger partial charge in [0.25, 0.3) is 0 Å². The summed E-state index contributed by atoms with van der Waals surface area (Å²) in [5.74, 6) is -1.07. The minimum Gasteiger partial charge on any atom is -0.467 e. The first-order chi connectivity index (χ1) is 9.54. The monoisotopic (exact) mass is 280 g/mol. The van der Waals surface area contributed by atoms with Gasteiger partial charge in [-0.2, -0.15) is 0 Å². The predicted molar refractivity (Wildman–Crippen MR) is 70.0 cm³/mol. The molecule has 4 nitrogen and oxygen atoms in total. The number of hydrogen-bond acceptors (Lipinski definition) is 3. The Kier molecular flexibility index (Phi) is 4.34. The number of halogens is 2. The summed E-state index contributed by atoms with van der Waals surface area (Å²) in [5, 5.41) is 5.38. The van der Waals surface area contributed by atoms with Gasteiger partial charge in [-0.1, -0.05) is 0 Å². The van der Waals surface area contributed by atoms with E-state index in [4.69, 9.17) is 4.42 Å². The Bertz CT molecular complexity index is 565. The lowest BCUT2D eigenvalue weighted by molar-refractivity contribution is -0.121. The first kappa shape index (κ1) is 14.0. The molecule has 0 spiro atoms. The van der Waals surface area contributed by atoms with Crippen LogP contribution >= 0.6 is 0 Å². The number of benzene rings is 1. The summed E-state index contributed by atoms with van der Waals surface area (Å²) < 4.78 is 31.1. The molecule has 0 saturated carbocycles. The Morgan fingerprint density at radius 3 is 2.60 bits per heavy atom. The molecule has 2 aromatic rings. The second-order valence-corrected chi connectivity index (χ2v) is 4.32. The van der Waals surface area contributed by atoms with Crippen molar-refractivity contribution in [3.05, 3.63) is 54.0 Å². The van der Waals surface area contributed by atoms with E-state index >= 15 is 0 Å². The van der Waals surface area contributed by atoms with Gasteiger partial charge >= 0.3 is 0 Å². The summed E-state index contributed by atoms with van der Waals surface area (Å²) >= 11 is 0. The summed E-state index contributed by atoms with van der Waals surface area (Å²) in [6.45, 7) is 1.86.